The van der Waals surface area contributed by atoms with Gasteiger partial charge in [0.1, 0.15) is 0 Å². The quantitative estimate of drug-likeness (QED) is 0.708. The summed E-state index contributed by atoms with van der Waals surface area (Å²) in [6.07, 6.45) is 2.07. The Morgan fingerprint density at radius 2 is 1.90 bits per heavy atom. The number of aromatic amines is 1. The number of aryl methyl sites for hydroxylation is 1. The molecule has 1 rings (SSSR count). The molecule has 1 aromatic rings. The first-order valence-corrected chi connectivity index (χ1v) is 8.81. The van der Waals surface area contributed by atoms with Gasteiger partial charge in [0, 0.05) is 12.7 Å². The van der Waals surface area contributed by atoms with Gasteiger partial charge in [-0.15, -0.1) is 0 Å². The van der Waals surface area contributed by atoms with Gasteiger partial charge in [-0.05, 0) is 36.2 Å². The molecular formula is C11H18BrN2O5P. The zero-order chi connectivity index (χ0) is 15.2. The van der Waals surface area contributed by atoms with Crippen molar-refractivity contribution in [1.29, 1.82) is 0 Å². The van der Waals surface area contributed by atoms with E-state index in [2.05, 4.69) is 20.9 Å². The zero-order valence-corrected chi connectivity index (χ0v) is 13.9. The first-order valence-electron chi connectivity index (χ1n) is 6.29. The fourth-order valence-corrected chi connectivity index (χ4v) is 3.64. The van der Waals surface area contributed by atoms with Crippen molar-refractivity contribution in [3.63, 3.8) is 0 Å². The number of hydrogen-bond donors (Lipinski definition) is 1. The minimum absolute atomic E-state index is 0.220. The molecule has 0 fully saturated rings. The van der Waals surface area contributed by atoms with Gasteiger partial charge in [-0.3, -0.25) is 18.9 Å². The molecule has 0 saturated carbocycles. The lowest BCUT2D eigenvalue weighted by atomic mass is 10.4. The summed E-state index contributed by atoms with van der Waals surface area (Å²) in [6.45, 7) is 4.42. The highest BCUT2D eigenvalue weighted by molar-refractivity contribution is 9.10. The monoisotopic (exact) mass is 368 g/mol. The number of nitrogens with one attached hydrogen (secondary N) is 1. The third-order valence-electron chi connectivity index (χ3n) is 2.45. The van der Waals surface area contributed by atoms with Crippen LogP contribution in [0.4, 0.5) is 0 Å². The normalized spacial score (nSPS) is 11.8. The van der Waals surface area contributed by atoms with Crippen LogP contribution in [0, 0.1) is 0 Å². The van der Waals surface area contributed by atoms with Gasteiger partial charge in [-0.25, -0.2) is 4.79 Å². The minimum Gasteiger partial charge on any atom is -0.309 e. The summed E-state index contributed by atoms with van der Waals surface area (Å²) in [5.74, 6) is 0. The van der Waals surface area contributed by atoms with Crippen molar-refractivity contribution in [1.82, 2.24) is 9.55 Å². The number of hydrogen-bond acceptors (Lipinski definition) is 5. The molecule has 0 aliphatic heterocycles. The lowest BCUT2D eigenvalue weighted by Crippen LogP contribution is -2.30. The van der Waals surface area contributed by atoms with Crippen molar-refractivity contribution < 1.29 is 13.6 Å². The van der Waals surface area contributed by atoms with Gasteiger partial charge in [-0.1, -0.05) is 0 Å². The van der Waals surface area contributed by atoms with Crippen LogP contribution in [0.15, 0.2) is 20.3 Å². The van der Waals surface area contributed by atoms with Crippen LogP contribution in [-0.2, 0) is 20.2 Å². The highest BCUT2D eigenvalue weighted by Gasteiger charge is 2.22. The van der Waals surface area contributed by atoms with Crippen molar-refractivity contribution in [2.24, 2.45) is 0 Å². The van der Waals surface area contributed by atoms with Crippen molar-refractivity contribution in [3.05, 3.63) is 31.5 Å². The molecule has 0 bridgehead atoms. The van der Waals surface area contributed by atoms with Gasteiger partial charge in [0.15, 0.2) is 0 Å². The van der Waals surface area contributed by atoms with Gasteiger partial charge in [0.2, 0.25) is 0 Å². The minimum atomic E-state index is -3.09. The maximum atomic E-state index is 12.2. The molecule has 0 saturated heterocycles. The Labute approximate surface area is 125 Å². The summed E-state index contributed by atoms with van der Waals surface area (Å²) >= 11 is 3.05. The highest BCUT2D eigenvalue weighted by atomic mass is 79.9. The zero-order valence-electron chi connectivity index (χ0n) is 11.4. The molecule has 1 heterocycles. The number of aromatic nitrogens is 2. The predicted molar refractivity (Wildman–Crippen MR) is 79.4 cm³/mol. The van der Waals surface area contributed by atoms with Crippen LogP contribution in [0.1, 0.15) is 20.3 Å². The van der Waals surface area contributed by atoms with Gasteiger partial charge < -0.3 is 9.05 Å². The lowest BCUT2D eigenvalue weighted by molar-refractivity contribution is 0.219. The first-order chi connectivity index (χ1) is 9.41. The first kappa shape index (κ1) is 17.4. The molecule has 114 valence electrons. The van der Waals surface area contributed by atoms with E-state index in [1.54, 1.807) is 13.8 Å². The highest BCUT2D eigenvalue weighted by Crippen LogP contribution is 2.48. The van der Waals surface area contributed by atoms with Crippen LogP contribution in [0.5, 0.6) is 0 Å². The fourth-order valence-electron chi connectivity index (χ4n) is 1.64. The second-order valence-electron chi connectivity index (χ2n) is 3.95. The summed E-state index contributed by atoms with van der Waals surface area (Å²) in [6, 6.07) is 0. The Balaban J connectivity index is 2.68. The molecule has 0 aliphatic carbocycles. The molecule has 0 spiro atoms. The molecule has 0 amide bonds. The van der Waals surface area contributed by atoms with E-state index in [1.807, 2.05) is 0 Å². The topological polar surface area (TPSA) is 90.4 Å². The molecule has 0 radical (unpaired) electrons. The van der Waals surface area contributed by atoms with E-state index in [9.17, 15) is 14.2 Å². The Kier molecular flexibility index (Phi) is 6.88. The second kappa shape index (κ2) is 7.93. The number of halogens is 1. The van der Waals surface area contributed by atoms with Crippen LogP contribution in [0.2, 0.25) is 0 Å². The molecule has 0 aliphatic rings. The van der Waals surface area contributed by atoms with Crippen LogP contribution in [0.25, 0.3) is 0 Å². The Morgan fingerprint density at radius 1 is 1.30 bits per heavy atom. The van der Waals surface area contributed by atoms with E-state index in [0.717, 1.165) is 0 Å². The van der Waals surface area contributed by atoms with Crippen LogP contribution < -0.4 is 11.2 Å². The maximum Gasteiger partial charge on any atom is 0.330 e. The van der Waals surface area contributed by atoms with Gasteiger partial charge in [0.05, 0.1) is 23.8 Å². The third kappa shape index (κ3) is 5.01. The average Bonchev–Trinajstić information content (AvgIpc) is 2.36. The van der Waals surface area contributed by atoms with Crippen LogP contribution in [-0.4, -0.2) is 28.9 Å². The maximum absolute atomic E-state index is 12.2. The Morgan fingerprint density at radius 3 is 2.45 bits per heavy atom. The van der Waals surface area contributed by atoms with E-state index in [4.69, 9.17) is 9.05 Å². The van der Waals surface area contributed by atoms with E-state index < -0.39 is 18.8 Å². The molecule has 1 N–H and O–H groups in total. The Hall–Kier alpha value is -0.690. The lowest BCUT2D eigenvalue weighted by Gasteiger charge is -2.16. The summed E-state index contributed by atoms with van der Waals surface area (Å²) in [4.78, 5) is 24.9. The number of nitrogens with zero attached hydrogens (tertiary/aromatic N) is 1. The summed E-state index contributed by atoms with van der Waals surface area (Å²) in [7, 11) is -3.09. The van der Waals surface area contributed by atoms with Crippen molar-refractivity contribution >= 4 is 23.5 Å². The predicted octanol–water partition coefficient (Wildman–Crippen LogP) is 1.96. The summed E-state index contributed by atoms with van der Waals surface area (Å²) < 4.78 is 24.1. The van der Waals surface area contributed by atoms with E-state index >= 15 is 0 Å². The fraction of sp³-hybridized carbons (Fsp3) is 0.636. The SMILES string of the molecule is CCOP(=O)(CCCn1cc(Br)c(=O)[nH]c1=O)OCC. The molecule has 0 aromatic carbocycles. The van der Waals surface area contributed by atoms with Crippen LogP contribution in [0.3, 0.4) is 0 Å². The van der Waals surface area contributed by atoms with E-state index in [1.165, 1.54) is 10.8 Å². The molecular weight excluding hydrogens is 351 g/mol. The second-order valence-corrected chi connectivity index (χ2v) is 6.99. The summed E-state index contributed by atoms with van der Waals surface area (Å²) in [5, 5.41) is 0. The van der Waals surface area contributed by atoms with E-state index in [-0.39, 0.29) is 10.6 Å². The molecule has 1 aromatic heterocycles. The van der Waals surface area contributed by atoms with Crippen molar-refractivity contribution in [3.8, 4) is 0 Å². The van der Waals surface area contributed by atoms with Gasteiger partial charge >= 0.3 is 13.3 Å². The standard InChI is InChI=1S/C11H18BrN2O5P/c1-3-18-20(17,19-4-2)7-5-6-14-8-9(12)10(15)13-11(14)16/h8H,3-7H2,1-2H3,(H,13,15,16). The smallest absolute Gasteiger partial charge is 0.309 e. The number of rotatable bonds is 8. The third-order valence-corrected chi connectivity index (χ3v) is 5.18. The van der Waals surface area contributed by atoms with E-state index in [0.29, 0.717) is 26.2 Å². The van der Waals surface area contributed by atoms with Crippen LogP contribution >= 0.6 is 23.5 Å². The number of H-pyrrole nitrogens is 1. The molecule has 20 heavy (non-hydrogen) atoms. The average molecular weight is 369 g/mol. The molecule has 0 unspecified atom stereocenters. The molecule has 7 nitrogen and oxygen atoms in total. The molecule has 0 atom stereocenters. The van der Waals surface area contributed by atoms with Crippen molar-refractivity contribution in [2.75, 3.05) is 19.4 Å². The summed E-state index contributed by atoms with van der Waals surface area (Å²) in [5.41, 5.74) is -0.971. The van der Waals surface area contributed by atoms with Gasteiger partial charge in [0.25, 0.3) is 5.56 Å². The van der Waals surface area contributed by atoms with Crippen molar-refractivity contribution in [2.45, 2.75) is 26.8 Å². The Bertz CT molecular complexity index is 587. The van der Waals surface area contributed by atoms with Gasteiger partial charge in [-0.2, -0.15) is 0 Å². The largest absolute Gasteiger partial charge is 0.330 e. The molecule has 9 heteroatoms.